The molecule has 1 rings (SSSR count). The minimum Gasteiger partial charge on any atom is -0.395 e. The molecule has 0 spiro atoms. The summed E-state index contributed by atoms with van der Waals surface area (Å²) in [6.45, 7) is 1.25. The Morgan fingerprint density at radius 3 is 2.71 bits per heavy atom. The lowest BCUT2D eigenvalue weighted by Crippen LogP contribution is -2.35. The van der Waals surface area contributed by atoms with Gasteiger partial charge in [-0.05, 0) is 24.6 Å². The van der Waals surface area contributed by atoms with E-state index in [-0.39, 0.29) is 17.4 Å². The van der Waals surface area contributed by atoms with Gasteiger partial charge in [-0.2, -0.15) is 0 Å². The van der Waals surface area contributed by atoms with Crippen molar-refractivity contribution in [2.75, 3.05) is 6.61 Å². The Bertz CT molecular complexity index is 492. The highest BCUT2D eigenvalue weighted by molar-refractivity contribution is 7.88. The fraction of sp³-hybridized carbons (Fsp3) is 0.400. The van der Waals surface area contributed by atoms with Gasteiger partial charge in [-0.25, -0.2) is 17.5 Å². The molecule has 0 aromatic heterocycles. The van der Waals surface area contributed by atoms with Crippen molar-refractivity contribution in [2.24, 2.45) is 0 Å². The maximum absolute atomic E-state index is 12.9. The van der Waals surface area contributed by atoms with Crippen molar-refractivity contribution < 1.29 is 17.9 Å². The van der Waals surface area contributed by atoms with Crippen LogP contribution in [0.25, 0.3) is 0 Å². The molecule has 1 aromatic carbocycles. The number of benzene rings is 1. The van der Waals surface area contributed by atoms with Crippen molar-refractivity contribution in [1.29, 1.82) is 0 Å². The van der Waals surface area contributed by atoms with Crippen LogP contribution < -0.4 is 4.72 Å². The van der Waals surface area contributed by atoms with Gasteiger partial charge >= 0.3 is 0 Å². The average Bonchev–Trinajstić information content (AvgIpc) is 2.22. The summed E-state index contributed by atoms with van der Waals surface area (Å²) < 4.78 is 38.4. The average molecular weight is 282 g/mol. The van der Waals surface area contributed by atoms with E-state index in [4.69, 9.17) is 16.7 Å². The molecular weight excluding hydrogens is 269 g/mol. The molecular formula is C10H13ClFNO3S. The lowest BCUT2D eigenvalue weighted by molar-refractivity contribution is 0.265. The maximum Gasteiger partial charge on any atom is 0.216 e. The number of sulfonamides is 1. The Morgan fingerprint density at radius 1 is 1.53 bits per heavy atom. The molecule has 0 radical (unpaired) electrons. The van der Waals surface area contributed by atoms with Gasteiger partial charge in [-0.3, -0.25) is 0 Å². The van der Waals surface area contributed by atoms with Gasteiger partial charge in [0.05, 0.1) is 17.4 Å². The second kappa shape index (κ2) is 5.77. The highest BCUT2D eigenvalue weighted by atomic mass is 35.5. The van der Waals surface area contributed by atoms with E-state index in [1.807, 2.05) is 0 Å². The zero-order valence-electron chi connectivity index (χ0n) is 9.15. The SMILES string of the molecule is C[C@@H](CO)NS(=O)(=O)Cc1ccc(F)c(Cl)c1. The first-order valence-electron chi connectivity index (χ1n) is 4.89. The predicted molar refractivity (Wildman–Crippen MR) is 63.7 cm³/mol. The predicted octanol–water partition coefficient (Wildman–Crippen LogP) is 1.28. The van der Waals surface area contributed by atoms with Crippen LogP contribution in [-0.2, 0) is 15.8 Å². The van der Waals surface area contributed by atoms with E-state index >= 15 is 0 Å². The molecule has 0 fully saturated rings. The minimum absolute atomic E-state index is 0.118. The summed E-state index contributed by atoms with van der Waals surface area (Å²) in [5.74, 6) is -0.901. The summed E-state index contributed by atoms with van der Waals surface area (Å²) in [7, 11) is -3.57. The van der Waals surface area contributed by atoms with Gasteiger partial charge in [-0.15, -0.1) is 0 Å². The fourth-order valence-corrected chi connectivity index (χ4v) is 2.83. The summed E-state index contributed by atoms with van der Waals surface area (Å²) in [5.41, 5.74) is 0.383. The molecule has 0 aliphatic carbocycles. The molecule has 1 aromatic rings. The Morgan fingerprint density at radius 2 is 2.18 bits per heavy atom. The second-order valence-corrected chi connectivity index (χ2v) is 5.87. The van der Waals surface area contributed by atoms with E-state index in [9.17, 15) is 12.8 Å². The van der Waals surface area contributed by atoms with Crippen LogP contribution in [0.4, 0.5) is 4.39 Å². The molecule has 0 aliphatic heterocycles. The smallest absolute Gasteiger partial charge is 0.216 e. The Labute approximate surface area is 104 Å². The van der Waals surface area contributed by atoms with Crippen LogP contribution in [0.5, 0.6) is 0 Å². The van der Waals surface area contributed by atoms with E-state index in [0.717, 1.165) is 6.07 Å². The minimum atomic E-state index is -3.57. The summed E-state index contributed by atoms with van der Waals surface area (Å²) >= 11 is 5.55. The molecule has 0 bridgehead atoms. The van der Waals surface area contributed by atoms with E-state index in [2.05, 4.69) is 4.72 Å². The van der Waals surface area contributed by atoms with Gasteiger partial charge < -0.3 is 5.11 Å². The van der Waals surface area contributed by atoms with E-state index in [1.54, 1.807) is 0 Å². The standard InChI is InChI=1S/C10H13ClFNO3S/c1-7(5-14)13-17(15,16)6-8-2-3-10(12)9(11)4-8/h2-4,7,13-14H,5-6H2,1H3/t7-/m0/s1. The molecule has 0 saturated carbocycles. The Balaban J connectivity index is 2.80. The fourth-order valence-electron chi connectivity index (χ4n) is 1.23. The first-order chi connectivity index (χ1) is 7.84. The number of nitrogens with one attached hydrogen (secondary N) is 1. The molecule has 0 aliphatic rings. The number of hydrogen-bond donors (Lipinski definition) is 2. The number of halogens is 2. The van der Waals surface area contributed by atoms with Gasteiger partial charge in [0.25, 0.3) is 0 Å². The van der Waals surface area contributed by atoms with Gasteiger partial charge in [0.2, 0.25) is 10.0 Å². The van der Waals surface area contributed by atoms with Crippen molar-refractivity contribution in [1.82, 2.24) is 4.72 Å². The first-order valence-corrected chi connectivity index (χ1v) is 6.92. The molecule has 4 nitrogen and oxygen atoms in total. The molecule has 1 atom stereocenters. The van der Waals surface area contributed by atoms with Crippen LogP contribution in [0.1, 0.15) is 12.5 Å². The zero-order valence-corrected chi connectivity index (χ0v) is 10.7. The van der Waals surface area contributed by atoms with Gasteiger partial charge in [-0.1, -0.05) is 17.7 Å². The molecule has 0 saturated heterocycles. The summed E-state index contributed by atoms with van der Waals surface area (Å²) in [6.07, 6.45) is 0. The van der Waals surface area contributed by atoms with Crippen LogP contribution >= 0.6 is 11.6 Å². The zero-order chi connectivity index (χ0) is 13.1. The third kappa shape index (κ3) is 4.59. The van der Waals surface area contributed by atoms with Crippen molar-refractivity contribution in [3.05, 3.63) is 34.6 Å². The van der Waals surface area contributed by atoms with Crippen LogP contribution in [0.15, 0.2) is 18.2 Å². The van der Waals surface area contributed by atoms with Gasteiger partial charge in [0.15, 0.2) is 0 Å². The lowest BCUT2D eigenvalue weighted by atomic mass is 10.2. The Kier molecular flexibility index (Phi) is 4.88. The molecule has 0 heterocycles. The molecule has 96 valence electrons. The third-order valence-corrected chi connectivity index (χ3v) is 3.76. The van der Waals surface area contributed by atoms with Gasteiger partial charge in [0.1, 0.15) is 5.82 Å². The largest absolute Gasteiger partial charge is 0.395 e. The number of aliphatic hydroxyl groups excluding tert-OH is 1. The lowest BCUT2D eigenvalue weighted by Gasteiger charge is -2.11. The van der Waals surface area contributed by atoms with Crippen LogP contribution in [-0.4, -0.2) is 26.2 Å². The summed E-state index contributed by atoms with van der Waals surface area (Å²) in [4.78, 5) is 0. The monoisotopic (exact) mass is 281 g/mol. The first kappa shape index (κ1) is 14.4. The molecule has 0 unspecified atom stereocenters. The molecule has 2 N–H and O–H groups in total. The van der Waals surface area contributed by atoms with Crippen molar-refractivity contribution in [3.63, 3.8) is 0 Å². The maximum atomic E-state index is 12.9. The normalized spacial score (nSPS) is 13.6. The van der Waals surface area contributed by atoms with Crippen LogP contribution in [0, 0.1) is 5.82 Å². The second-order valence-electron chi connectivity index (χ2n) is 3.71. The van der Waals surface area contributed by atoms with Gasteiger partial charge in [0, 0.05) is 6.04 Å². The number of aliphatic hydroxyl groups is 1. The summed E-state index contributed by atoms with van der Waals surface area (Å²) in [6, 6.07) is 3.17. The molecule has 17 heavy (non-hydrogen) atoms. The van der Waals surface area contributed by atoms with E-state index in [1.165, 1.54) is 19.1 Å². The quantitative estimate of drug-likeness (QED) is 0.854. The number of rotatable bonds is 5. The number of hydrogen-bond acceptors (Lipinski definition) is 3. The van der Waals surface area contributed by atoms with Crippen LogP contribution in [0.2, 0.25) is 5.02 Å². The van der Waals surface area contributed by atoms with Crippen LogP contribution in [0.3, 0.4) is 0 Å². The highest BCUT2D eigenvalue weighted by Crippen LogP contribution is 2.17. The highest BCUT2D eigenvalue weighted by Gasteiger charge is 2.15. The summed E-state index contributed by atoms with van der Waals surface area (Å²) in [5, 5.41) is 8.63. The third-order valence-electron chi connectivity index (χ3n) is 2.00. The molecule has 7 heteroatoms. The van der Waals surface area contributed by atoms with Crippen molar-refractivity contribution >= 4 is 21.6 Å². The van der Waals surface area contributed by atoms with E-state index < -0.39 is 21.9 Å². The van der Waals surface area contributed by atoms with E-state index in [0.29, 0.717) is 5.56 Å². The Hall–Kier alpha value is -0.690. The van der Waals surface area contributed by atoms with Crippen molar-refractivity contribution in [2.45, 2.75) is 18.7 Å². The topological polar surface area (TPSA) is 66.4 Å². The van der Waals surface area contributed by atoms with Crippen molar-refractivity contribution in [3.8, 4) is 0 Å². The molecule has 0 amide bonds.